The summed E-state index contributed by atoms with van der Waals surface area (Å²) in [5, 5.41) is 0.377. The molecule has 1 aromatic heterocycles. The molecule has 0 N–H and O–H groups in total. The summed E-state index contributed by atoms with van der Waals surface area (Å²) in [6.45, 7) is 7.62. The molecule has 2 heterocycles. The Morgan fingerprint density at radius 3 is 2.35 bits per heavy atom. The summed E-state index contributed by atoms with van der Waals surface area (Å²) in [5.74, 6) is -0.522. The van der Waals surface area contributed by atoms with Gasteiger partial charge in [-0.3, -0.25) is 14.5 Å². The third kappa shape index (κ3) is 4.11. The number of thioether (sulfide) groups is 1. The quantitative estimate of drug-likeness (QED) is 0.522. The maximum atomic E-state index is 12.6. The Morgan fingerprint density at radius 2 is 1.71 bits per heavy atom. The predicted octanol–water partition coefficient (Wildman–Crippen LogP) is 5.43. The lowest BCUT2D eigenvalue weighted by molar-refractivity contribution is -0.115. The molecule has 1 aliphatic heterocycles. The Morgan fingerprint density at radius 1 is 1.03 bits per heavy atom. The van der Waals surface area contributed by atoms with Crippen LogP contribution in [0.5, 0.6) is 0 Å². The summed E-state index contributed by atoms with van der Waals surface area (Å²) in [6.07, 6.45) is 1.86. The van der Waals surface area contributed by atoms with Crippen molar-refractivity contribution in [2.24, 2.45) is 4.99 Å². The molecular weight excluding hydrogens is 406 g/mol. The average molecular weight is 430 g/mol. The largest absolute Gasteiger partial charge is 0.318 e. The lowest BCUT2D eigenvalue weighted by Crippen LogP contribution is -2.32. The van der Waals surface area contributed by atoms with Crippen LogP contribution in [0.25, 0.3) is 11.8 Å². The summed E-state index contributed by atoms with van der Waals surface area (Å²) in [4.78, 5) is 31.1. The summed E-state index contributed by atoms with van der Waals surface area (Å²) in [6, 6.07) is 19.7. The number of benzene rings is 2. The molecule has 5 nitrogen and oxygen atoms in total. The number of hydrogen-bond acceptors (Lipinski definition) is 3. The third-order valence-corrected chi connectivity index (χ3v) is 6.15. The van der Waals surface area contributed by atoms with Gasteiger partial charge in [0.25, 0.3) is 5.91 Å². The van der Waals surface area contributed by atoms with E-state index in [-0.39, 0.29) is 11.8 Å². The molecule has 6 heteroatoms. The highest BCUT2D eigenvalue weighted by molar-refractivity contribution is 8.19. The van der Waals surface area contributed by atoms with Gasteiger partial charge in [-0.2, -0.15) is 4.99 Å². The number of para-hydroxylation sites is 1. The van der Waals surface area contributed by atoms with Crippen molar-refractivity contribution in [1.29, 1.82) is 0 Å². The van der Waals surface area contributed by atoms with Crippen LogP contribution in [0.1, 0.15) is 29.4 Å². The Balaban J connectivity index is 1.66. The molecule has 0 spiro atoms. The van der Waals surface area contributed by atoms with E-state index < -0.39 is 0 Å². The van der Waals surface area contributed by atoms with E-state index in [1.165, 1.54) is 29.1 Å². The minimum atomic E-state index is -0.331. The van der Waals surface area contributed by atoms with Crippen LogP contribution in [-0.2, 0) is 9.59 Å². The molecular formula is C25H23N3O2S. The van der Waals surface area contributed by atoms with Crippen molar-refractivity contribution in [2.45, 2.75) is 27.7 Å². The van der Waals surface area contributed by atoms with Crippen molar-refractivity contribution in [2.75, 3.05) is 4.90 Å². The van der Waals surface area contributed by atoms with Crippen molar-refractivity contribution in [3.05, 3.63) is 88.1 Å². The minimum absolute atomic E-state index is 0.191. The predicted molar refractivity (Wildman–Crippen MR) is 128 cm³/mol. The van der Waals surface area contributed by atoms with Crippen LogP contribution in [0, 0.1) is 20.8 Å². The lowest BCUT2D eigenvalue weighted by atomic mass is 10.2. The van der Waals surface area contributed by atoms with E-state index in [0.717, 1.165) is 22.6 Å². The lowest BCUT2D eigenvalue weighted by Gasteiger charge is -2.19. The fourth-order valence-corrected chi connectivity index (χ4v) is 4.63. The molecule has 0 saturated heterocycles. The summed E-state index contributed by atoms with van der Waals surface area (Å²) in [7, 11) is 0. The van der Waals surface area contributed by atoms with Crippen LogP contribution < -0.4 is 4.90 Å². The highest BCUT2D eigenvalue weighted by Gasteiger charge is 2.29. The SMILES string of the molecule is CC(=O)N(C1=NC(=O)/C(=C/c2cc(C)n(-c3ccc(C)cc3)c2C)S1)c1ccccc1. The van der Waals surface area contributed by atoms with Gasteiger partial charge < -0.3 is 4.57 Å². The van der Waals surface area contributed by atoms with Crippen molar-refractivity contribution < 1.29 is 9.59 Å². The second kappa shape index (κ2) is 8.40. The fourth-order valence-electron chi connectivity index (χ4n) is 3.66. The molecule has 2 aromatic carbocycles. The van der Waals surface area contributed by atoms with Gasteiger partial charge >= 0.3 is 0 Å². The zero-order valence-electron chi connectivity index (χ0n) is 17.9. The van der Waals surface area contributed by atoms with Crippen LogP contribution >= 0.6 is 11.8 Å². The molecule has 31 heavy (non-hydrogen) atoms. The van der Waals surface area contributed by atoms with Gasteiger partial charge in [-0.15, -0.1) is 0 Å². The maximum absolute atomic E-state index is 12.6. The minimum Gasteiger partial charge on any atom is -0.318 e. The van der Waals surface area contributed by atoms with Crippen molar-refractivity contribution in [3.8, 4) is 5.69 Å². The van der Waals surface area contributed by atoms with Gasteiger partial charge in [-0.1, -0.05) is 35.9 Å². The molecule has 1 aliphatic rings. The first-order chi connectivity index (χ1) is 14.8. The molecule has 0 atom stereocenters. The van der Waals surface area contributed by atoms with Crippen LogP contribution in [0.3, 0.4) is 0 Å². The highest BCUT2D eigenvalue weighted by Crippen LogP contribution is 2.34. The topological polar surface area (TPSA) is 54.7 Å². The Labute approximate surface area is 186 Å². The smallest absolute Gasteiger partial charge is 0.286 e. The first-order valence-corrected chi connectivity index (χ1v) is 10.8. The van der Waals surface area contributed by atoms with E-state index in [1.54, 1.807) is 0 Å². The van der Waals surface area contributed by atoms with Crippen LogP contribution in [0.4, 0.5) is 5.69 Å². The fraction of sp³-hybridized carbons (Fsp3) is 0.160. The molecule has 2 amide bonds. The third-order valence-electron chi connectivity index (χ3n) is 5.18. The van der Waals surface area contributed by atoms with Gasteiger partial charge in [0.05, 0.1) is 10.6 Å². The zero-order valence-corrected chi connectivity index (χ0v) is 18.7. The standard InChI is InChI=1S/C25H23N3O2S/c1-16-10-12-22(13-11-16)27-17(2)14-20(18(27)3)15-23-24(30)26-25(31-23)28(19(4)29)21-8-6-5-7-9-21/h5-15H,1-4H3/b23-15-. The van der Waals surface area contributed by atoms with Gasteiger partial charge in [0, 0.05) is 24.0 Å². The maximum Gasteiger partial charge on any atom is 0.286 e. The number of aryl methyl sites for hydroxylation is 2. The highest BCUT2D eigenvalue weighted by atomic mass is 32.2. The number of anilines is 1. The molecule has 4 rings (SSSR count). The number of rotatable bonds is 3. The van der Waals surface area contributed by atoms with E-state index in [9.17, 15) is 9.59 Å². The average Bonchev–Trinajstić information content (AvgIpc) is 3.22. The summed E-state index contributed by atoms with van der Waals surface area (Å²) in [5.41, 5.74) is 6.06. The van der Waals surface area contributed by atoms with E-state index in [1.807, 2.05) is 50.3 Å². The Hall–Kier alpha value is -3.38. The van der Waals surface area contributed by atoms with Crippen molar-refractivity contribution in [1.82, 2.24) is 4.57 Å². The van der Waals surface area contributed by atoms with Crippen molar-refractivity contribution >= 4 is 40.5 Å². The molecule has 156 valence electrons. The van der Waals surface area contributed by atoms with Gasteiger partial charge in [0.15, 0.2) is 5.17 Å². The Kier molecular flexibility index (Phi) is 5.65. The van der Waals surface area contributed by atoms with Crippen LogP contribution in [0.15, 0.2) is 70.6 Å². The number of hydrogen-bond donors (Lipinski definition) is 0. The van der Waals surface area contributed by atoms with E-state index in [4.69, 9.17) is 0 Å². The van der Waals surface area contributed by atoms with Crippen molar-refractivity contribution in [3.63, 3.8) is 0 Å². The number of aromatic nitrogens is 1. The number of carbonyl (C=O) groups is 2. The normalized spacial score (nSPS) is 14.8. The second-order valence-corrected chi connectivity index (χ2v) is 8.51. The summed E-state index contributed by atoms with van der Waals surface area (Å²) < 4.78 is 2.17. The van der Waals surface area contributed by atoms with Gasteiger partial charge in [0.2, 0.25) is 5.91 Å². The number of amides is 2. The molecule has 0 radical (unpaired) electrons. The van der Waals surface area contributed by atoms with E-state index >= 15 is 0 Å². The molecule has 0 bridgehead atoms. The van der Waals surface area contributed by atoms with Gasteiger partial charge in [-0.25, -0.2) is 0 Å². The molecule has 0 saturated carbocycles. The first kappa shape index (κ1) is 20.9. The number of nitrogens with zero attached hydrogens (tertiary/aromatic N) is 3. The Bertz CT molecular complexity index is 1220. The number of carbonyl (C=O) groups excluding carboxylic acids is 2. The van der Waals surface area contributed by atoms with Gasteiger partial charge in [0.1, 0.15) is 0 Å². The summed E-state index contributed by atoms with van der Waals surface area (Å²) >= 11 is 1.22. The number of amidine groups is 1. The molecule has 3 aromatic rings. The number of aliphatic imine (C=N–C) groups is 1. The molecule has 0 unspecified atom stereocenters. The monoisotopic (exact) mass is 429 g/mol. The zero-order chi connectivity index (χ0) is 22.1. The second-order valence-electron chi connectivity index (χ2n) is 7.50. The van der Waals surface area contributed by atoms with E-state index in [2.05, 4.69) is 46.8 Å². The van der Waals surface area contributed by atoms with E-state index in [0.29, 0.717) is 15.8 Å². The van der Waals surface area contributed by atoms with Gasteiger partial charge in [-0.05, 0) is 74.5 Å². The van der Waals surface area contributed by atoms with Crippen LogP contribution in [-0.4, -0.2) is 21.5 Å². The molecule has 0 aliphatic carbocycles. The van der Waals surface area contributed by atoms with Crippen LogP contribution in [0.2, 0.25) is 0 Å². The molecule has 0 fully saturated rings. The first-order valence-electron chi connectivity index (χ1n) is 9.99.